The van der Waals surface area contributed by atoms with E-state index in [4.69, 9.17) is 33.0 Å². The number of nitrogens with zero attached hydrogens (tertiary/aromatic N) is 6. The zero-order valence-corrected chi connectivity index (χ0v) is 15.4. The normalized spacial score (nSPS) is 11.1. The van der Waals surface area contributed by atoms with Gasteiger partial charge in [-0.05, 0) is 22.9 Å². The van der Waals surface area contributed by atoms with Crippen molar-refractivity contribution in [3.63, 3.8) is 0 Å². The minimum atomic E-state index is -0.295. The Morgan fingerprint density at radius 1 is 1.35 bits per heavy atom. The van der Waals surface area contributed by atoms with Crippen molar-refractivity contribution in [1.29, 1.82) is 0 Å². The minimum Gasteiger partial charge on any atom is -0.479 e. The van der Waals surface area contributed by atoms with Crippen LogP contribution in [0.2, 0.25) is 10.0 Å². The summed E-state index contributed by atoms with van der Waals surface area (Å²) >= 11 is 12.6. The third-order valence-electron chi connectivity index (χ3n) is 3.63. The first-order valence-electron chi connectivity index (χ1n) is 7.60. The smallest absolute Gasteiger partial charge is 0.244 e. The number of benzene rings is 1. The molecule has 26 heavy (non-hydrogen) atoms. The van der Waals surface area contributed by atoms with Gasteiger partial charge in [-0.15, -0.1) is 5.10 Å². The van der Waals surface area contributed by atoms with Gasteiger partial charge >= 0.3 is 0 Å². The summed E-state index contributed by atoms with van der Waals surface area (Å²) in [6, 6.07) is 1.52. The summed E-state index contributed by atoms with van der Waals surface area (Å²) in [6.45, 7) is 1.73. The number of halogens is 2. The van der Waals surface area contributed by atoms with E-state index >= 15 is 0 Å². The second-order valence-electron chi connectivity index (χ2n) is 5.36. The summed E-state index contributed by atoms with van der Waals surface area (Å²) in [5.41, 5.74) is 1.17. The Kier molecular flexibility index (Phi) is 5.30. The molecular weight excluding hydrogens is 383 g/mol. The van der Waals surface area contributed by atoms with E-state index in [2.05, 4.69) is 25.5 Å². The monoisotopic (exact) mass is 396 g/mol. The molecule has 0 unspecified atom stereocenters. The molecule has 0 bridgehead atoms. The van der Waals surface area contributed by atoms with Crippen LogP contribution in [0.4, 0.5) is 0 Å². The summed E-state index contributed by atoms with van der Waals surface area (Å²) in [4.78, 5) is 20.5. The predicted octanol–water partition coefficient (Wildman–Crippen LogP) is 2.18. The van der Waals surface area contributed by atoms with Crippen LogP contribution in [0.25, 0.3) is 22.4 Å². The Morgan fingerprint density at radius 2 is 2.12 bits per heavy atom. The molecule has 0 saturated heterocycles. The topological polar surface area (TPSA) is 116 Å². The van der Waals surface area contributed by atoms with Gasteiger partial charge in [0.05, 0.1) is 28.2 Å². The number of aromatic nitrogens is 6. The molecule has 2 aromatic heterocycles. The van der Waals surface area contributed by atoms with Gasteiger partial charge in [-0.2, -0.15) is 0 Å². The third-order valence-corrected chi connectivity index (χ3v) is 4.42. The Bertz CT molecular complexity index is 991. The number of hydrogen-bond donors (Lipinski definition) is 1. The van der Waals surface area contributed by atoms with E-state index in [1.165, 1.54) is 24.8 Å². The molecule has 0 fully saturated rings. The molecule has 0 aliphatic rings. The van der Waals surface area contributed by atoms with E-state index in [1.54, 1.807) is 0 Å². The zero-order valence-electron chi connectivity index (χ0n) is 13.9. The molecule has 3 rings (SSSR count). The molecule has 0 atom stereocenters. The van der Waals surface area contributed by atoms with Crippen molar-refractivity contribution in [2.45, 2.75) is 19.9 Å². The lowest BCUT2D eigenvalue weighted by atomic mass is 10.1. The number of aryl methyl sites for hydroxylation is 1. The maximum absolute atomic E-state index is 11.8. The molecule has 1 N–H and O–H groups in total. The molecule has 1 aromatic carbocycles. The average Bonchev–Trinajstić information content (AvgIpc) is 3.08. The van der Waals surface area contributed by atoms with E-state index < -0.39 is 0 Å². The van der Waals surface area contributed by atoms with Crippen LogP contribution in [-0.4, -0.2) is 54.8 Å². The van der Waals surface area contributed by atoms with E-state index in [0.717, 1.165) is 0 Å². The Labute approximate surface area is 157 Å². The van der Waals surface area contributed by atoms with Gasteiger partial charge in [-0.3, -0.25) is 4.79 Å². The largest absolute Gasteiger partial charge is 0.479 e. The maximum atomic E-state index is 11.8. The molecule has 2 heterocycles. The number of aliphatic hydroxyl groups excluding tert-OH is 1. The fourth-order valence-electron chi connectivity index (χ4n) is 2.45. The number of methoxy groups -OCH3 is 1. The van der Waals surface area contributed by atoms with Crippen LogP contribution in [0.1, 0.15) is 23.8 Å². The Hall–Kier alpha value is -2.36. The maximum Gasteiger partial charge on any atom is 0.244 e. The molecule has 0 amide bonds. The van der Waals surface area contributed by atoms with Gasteiger partial charge in [0.15, 0.2) is 17.3 Å². The van der Waals surface area contributed by atoms with Gasteiger partial charge in [0, 0.05) is 20.1 Å². The first-order valence-corrected chi connectivity index (χ1v) is 8.35. The van der Waals surface area contributed by atoms with Crippen LogP contribution < -0.4 is 4.74 Å². The highest BCUT2D eigenvalue weighted by molar-refractivity contribution is 6.45. The first kappa shape index (κ1) is 18.4. The number of aliphatic hydroxyl groups is 1. The second kappa shape index (κ2) is 7.48. The van der Waals surface area contributed by atoms with Crippen LogP contribution >= 0.6 is 23.2 Å². The summed E-state index contributed by atoms with van der Waals surface area (Å²) in [7, 11) is 1.39. The number of carbonyl (C=O) groups is 1. The molecule has 0 radical (unpaired) electrons. The van der Waals surface area contributed by atoms with Crippen molar-refractivity contribution in [3.8, 4) is 17.3 Å². The number of fused-ring (bicyclic) bond motifs is 1. The highest BCUT2D eigenvalue weighted by atomic mass is 35.5. The number of ether oxygens (including phenoxy) is 1. The summed E-state index contributed by atoms with van der Waals surface area (Å²) in [5.74, 6) is 0.0959. The van der Waals surface area contributed by atoms with Crippen LogP contribution in [0.3, 0.4) is 0 Å². The molecule has 0 spiro atoms. The van der Waals surface area contributed by atoms with E-state index in [1.807, 2.05) is 0 Å². The third kappa shape index (κ3) is 3.20. The fraction of sp³-hybridized carbons (Fsp3) is 0.333. The Balaban J connectivity index is 2.32. The van der Waals surface area contributed by atoms with Gasteiger partial charge in [0.1, 0.15) is 5.52 Å². The molecular formula is C15H14Cl2N6O3. The summed E-state index contributed by atoms with van der Waals surface area (Å²) in [6.07, 6.45) is 0.456. The molecule has 0 aliphatic heterocycles. The number of carbonyl (C=O) groups excluding carboxylic acids is 1. The van der Waals surface area contributed by atoms with Crippen molar-refractivity contribution in [2.24, 2.45) is 0 Å². The van der Waals surface area contributed by atoms with Crippen LogP contribution in [0, 0.1) is 0 Å². The van der Waals surface area contributed by atoms with Crippen LogP contribution in [-0.2, 0) is 6.54 Å². The molecule has 0 saturated carbocycles. The van der Waals surface area contributed by atoms with Crippen molar-refractivity contribution in [3.05, 3.63) is 21.8 Å². The summed E-state index contributed by atoms with van der Waals surface area (Å²) in [5, 5.41) is 21.0. The van der Waals surface area contributed by atoms with Gasteiger partial charge in [-0.1, -0.05) is 23.2 Å². The second-order valence-corrected chi connectivity index (χ2v) is 6.14. The van der Waals surface area contributed by atoms with Gasteiger partial charge in [-0.25, -0.2) is 14.6 Å². The zero-order chi connectivity index (χ0) is 18.8. The van der Waals surface area contributed by atoms with E-state index in [9.17, 15) is 4.79 Å². The lowest BCUT2D eigenvalue weighted by molar-refractivity contribution is 0.100. The first-order chi connectivity index (χ1) is 12.5. The van der Waals surface area contributed by atoms with Crippen molar-refractivity contribution >= 4 is 40.0 Å². The van der Waals surface area contributed by atoms with E-state index in [0.29, 0.717) is 35.4 Å². The number of Topliss-reactive ketones (excluding diaryl/α,β-unsaturated/α-hetero) is 1. The Morgan fingerprint density at radius 3 is 2.77 bits per heavy atom. The molecule has 3 aromatic rings. The van der Waals surface area contributed by atoms with Crippen LogP contribution in [0.5, 0.6) is 5.88 Å². The average molecular weight is 397 g/mol. The highest BCUT2D eigenvalue weighted by Crippen LogP contribution is 2.38. The van der Waals surface area contributed by atoms with Crippen molar-refractivity contribution in [1.82, 2.24) is 30.2 Å². The number of hydrogen-bond acceptors (Lipinski definition) is 8. The molecule has 9 nitrogen and oxygen atoms in total. The minimum absolute atomic E-state index is 0.0150. The van der Waals surface area contributed by atoms with E-state index in [-0.39, 0.29) is 34.0 Å². The predicted molar refractivity (Wildman–Crippen MR) is 94.6 cm³/mol. The molecule has 0 aliphatic carbocycles. The van der Waals surface area contributed by atoms with Crippen molar-refractivity contribution < 1.29 is 14.6 Å². The highest BCUT2D eigenvalue weighted by Gasteiger charge is 2.23. The summed E-state index contributed by atoms with van der Waals surface area (Å²) < 4.78 is 6.68. The van der Waals surface area contributed by atoms with Gasteiger partial charge in [0.25, 0.3) is 0 Å². The molecule has 11 heteroatoms. The van der Waals surface area contributed by atoms with Gasteiger partial charge < -0.3 is 9.84 Å². The lowest BCUT2D eigenvalue weighted by Gasteiger charge is -2.12. The fourth-order valence-corrected chi connectivity index (χ4v) is 2.88. The standard InChI is InChI=1S/C15H14Cl2N6O3/c1-7(25)12-15(26-2)19-13-9(18-12)6-8(16)11(17)10(13)14-20-21-22-23(14)4-3-5-24/h6,24H,3-5H2,1-2H3. The SMILES string of the molecule is COc1nc2c(-c3nnnn3CCCO)c(Cl)c(Cl)cc2nc1C(C)=O. The van der Waals surface area contributed by atoms with Crippen molar-refractivity contribution in [2.75, 3.05) is 13.7 Å². The number of tetrazole rings is 1. The molecule has 136 valence electrons. The van der Waals surface area contributed by atoms with Gasteiger partial charge in [0.2, 0.25) is 5.88 Å². The quantitative estimate of drug-likeness (QED) is 0.630. The van der Waals surface area contributed by atoms with Crippen LogP contribution in [0.15, 0.2) is 6.07 Å². The number of ketones is 1. The number of rotatable bonds is 6. The lowest BCUT2D eigenvalue weighted by Crippen LogP contribution is -2.08.